The molecule has 20 heavy (non-hydrogen) atoms. The van der Waals surface area contributed by atoms with Crippen LogP contribution in [-0.2, 0) is 9.84 Å². The van der Waals surface area contributed by atoms with E-state index in [0.717, 1.165) is 18.5 Å². The summed E-state index contributed by atoms with van der Waals surface area (Å²) in [5, 5.41) is 5.55. The Morgan fingerprint density at radius 2 is 1.90 bits per heavy atom. The van der Waals surface area contributed by atoms with Crippen LogP contribution in [0.5, 0.6) is 0 Å². The minimum Gasteiger partial charge on any atom is -0.377 e. The van der Waals surface area contributed by atoms with Crippen LogP contribution in [0.4, 0.5) is 5.69 Å². The zero-order chi connectivity index (χ0) is 14.6. The second-order valence-corrected chi connectivity index (χ2v) is 7.79. The van der Waals surface area contributed by atoms with Crippen molar-refractivity contribution in [1.29, 1.82) is 0 Å². The molecule has 0 aliphatic carbocycles. The molecule has 0 fully saturated rings. The molecule has 0 saturated carbocycles. The van der Waals surface area contributed by atoms with Gasteiger partial charge < -0.3 is 5.32 Å². The highest BCUT2D eigenvalue weighted by Gasteiger charge is 2.12. The molecule has 0 spiro atoms. The predicted molar refractivity (Wildman–Crippen MR) is 85.1 cm³/mol. The predicted octanol–water partition coefficient (Wildman–Crippen LogP) is 4.10. The quantitative estimate of drug-likeness (QED) is 0.873. The zero-order valence-electron chi connectivity index (χ0n) is 11.7. The Balaban J connectivity index is 2.15. The summed E-state index contributed by atoms with van der Waals surface area (Å²) in [6.45, 7) is 2.16. The molecule has 1 atom stereocenters. The van der Waals surface area contributed by atoms with E-state index in [1.165, 1.54) is 11.1 Å². The van der Waals surface area contributed by atoms with Crippen LogP contribution in [0.25, 0.3) is 0 Å². The molecule has 0 aliphatic rings. The number of anilines is 1. The van der Waals surface area contributed by atoms with Gasteiger partial charge in [-0.2, -0.15) is 0 Å². The largest absolute Gasteiger partial charge is 0.377 e. The van der Waals surface area contributed by atoms with E-state index in [-0.39, 0.29) is 6.04 Å². The Morgan fingerprint density at radius 3 is 2.40 bits per heavy atom. The first-order valence-electron chi connectivity index (χ1n) is 6.60. The fraction of sp³-hybridized carbons (Fsp3) is 0.333. The maximum atomic E-state index is 11.4. The van der Waals surface area contributed by atoms with Gasteiger partial charge in [-0.1, -0.05) is 19.4 Å². The van der Waals surface area contributed by atoms with Crippen LogP contribution < -0.4 is 5.32 Å². The molecule has 1 heterocycles. The van der Waals surface area contributed by atoms with Crippen LogP contribution in [0, 0.1) is 0 Å². The number of hydrogen-bond acceptors (Lipinski definition) is 4. The molecular formula is C15H19NO2S2. The van der Waals surface area contributed by atoms with E-state index in [4.69, 9.17) is 0 Å². The molecule has 0 aliphatic heterocycles. The number of thiophene rings is 1. The minimum absolute atomic E-state index is 0.282. The number of rotatable bonds is 6. The fourth-order valence-corrected chi connectivity index (χ4v) is 3.51. The molecule has 5 heteroatoms. The van der Waals surface area contributed by atoms with Gasteiger partial charge in [0.05, 0.1) is 10.9 Å². The fourth-order valence-electron chi connectivity index (χ4n) is 2.06. The van der Waals surface area contributed by atoms with Gasteiger partial charge in [-0.3, -0.25) is 0 Å². The number of benzene rings is 1. The lowest BCUT2D eigenvalue weighted by Crippen LogP contribution is -2.09. The van der Waals surface area contributed by atoms with Crippen molar-refractivity contribution in [2.75, 3.05) is 11.6 Å². The van der Waals surface area contributed by atoms with Crippen LogP contribution in [0.3, 0.4) is 0 Å². The van der Waals surface area contributed by atoms with Crippen LogP contribution in [0.15, 0.2) is 46.7 Å². The van der Waals surface area contributed by atoms with Gasteiger partial charge in [0, 0.05) is 16.8 Å². The number of nitrogens with one attached hydrogen (secondary N) is 1. The Kier molecular flexibility index (Phi) is 4.83. The smallest absolute Gasteiger partial charge is 0.175 e. The Morgan fingerprint density at radius 1 is 1.20 bits per heavy atom. The standard InChI is InChI=1S/C15H19NO2S2/c1-3-5-14(15-6-4-11-19-15)16-12-7-9-13(10-8-12)20(2,17)18/h4,6-11,14,16H,3,5H2,1-2H3. The molecule has 108 valence electrons. The van der Waals surface area contributed by atoms with Gasteiger partial charge in [-0.05, 0) is 42.1 Å². The molecule has 0 radical (unpaired) electrons. The first-order valence-corrected chi connectivity index (χ1v) is 9.38. The van der Waals surface area contributed by atoms with E-state index in [2.05, 4.69) is 29.8 Å². The number of hydrogen-bond donors (Lipinski definition) is 1. The van der Waals surface area contributed by atoms with Crippen molar-refractivity contribution in [3.63, 3.8) is 0 Å². The van der Waals surface area contributed by atoms with Crippen molar-refractivity contribution in [2.24, 2.45) is 0 Å². The van der Waals surface area contributed by atoms with E-state index >= 15 is 0 Å². The van der Waals surface area contributed by atoms with Crippen molar-refractivity contribution in [3.8, 4) is 0 Å². The normalized spacial score (nSPS) is 13.1. The van der Waals surface area contributed by atoms with E-state index in [9.17, 15) is 8.42 Å². The topological polar surface area (TPSA) is 46.2 Å². The molecule has 1 aromatic carbocycles. The summed E-state index contributed by atoms with van der Waals surface area (Å²) in [5.41, 5.74) is 0.948. The van der Waals surface area contributed by atoms with E-state index in [0.29, 0.717) is 4.90 Å². The van der Waals surface area contributed by atoms with Gasteiger partial charge in [0.15, 0.2) is 9.84 Å². The molecule has 2 rings (SSSR count). The summed E-state index contributed by atoms with van der Waals surface area (Å²) >= 11 is 1.74. The minimum atomic E-state index is -3.13. The van der Waals surface area contributed by atoms with E-state index in [1.54, 1.807) is 23.5 Å². The van der Waals surface area contributed by atoms with Crippen LogP contribution in [0.1, 0.15) is 30.7 Å². The molecule has 0 bridgehead atoms. The molecule has 0 saturated heterocycles. The first-order chi connectivity index (χ1) is 9.50. The summed E-state index contributed by atoms with van der Waals surface area (Å²) in [7, 11) is -3.13. The van der Waals surface area contributed by atoms with Gasteiger partial charge >= 0.3 is 0 Å². The lowest BCUT2D eigenvalue weighted by Gasteiger charge is -2.18. The average Bonchev–Trinajstić information content (AvgIpc) is 2.91. The van der Waals surface area contributed by atoms with Gasteiger partial charge in [0.25, 0.3) is 0 Å². The summed E-state index contributed by atoms with van der Waals surface area (Å²) in [4.78, 5) is 1.66. The molecule has 3 nitrogen and oxygen atoms in total. The van der Waals surface area contributed by atoms with Crippen molar-refractivity contribution < 1.29 is 8.42 Å². The maximum absolute atomic E-state index is 11.4. The molecule has 0 amide bonds. The molecular weight excluding hydrogens is 290 g/mol. The zero-order valence-corrected chi connectivity index (χ0v) is 13.3. The second-order valence-electron chi connectivity index (χ2n) is 4.80. The van der Waals surface area contributed by atoms with Crippen molar-refractivity contribution >= 4 is 26.9 Å². The first kappa shape index (κ1) is 15.1. The summed E-state index contributed by atoms with van der Waals surface area (Å²) in [5.74, 6) is 0. The van der Waals surface area contributed by atoms with Gasteiger partial charge in [0.2, 0.25) is 0 Å². The van der Waals surface area contributed by atoms with Crippen molar-refractivity contribution in [1.82, 2.24) is 0 Å². The third-order valence-corrected chi connectivity index (χ3v) is 5.20. The Labute approximate surface area is 124 Å². The Hall–Kier alpha value is -1.33. The molecule has 2 aromatic rings. The van der Waals surface area contributed by atoms with E-state index < -0.39 is 9.84 Å². The molecule has 1 aromatic heterocycles. The SMILES string of the molecule is CCCC(Nc1ccc(S(C)(=O)=O)cc1)c1cccs1. The van der Waals surface area contributed by atoms with E-state index in [1.807, 2.05) is 12.1 Å². The highest BCUT2D eigenvalue weighted by Crippen LogP contribution is 2.27. The maximum Gasteiger partial charge on any atom is 0.175 e. The lowest BCUT2D eigenvalue weighted by molar-refractivity contribution is 0.602. The Bertz CT molecular complexity index is 631. The van der Waals surface area contributed by atoms with Crippen molar-refractivity contribution in [3.05, 3.63) is 46.7 Å². The summed E-state index contributed by atoms with van der Waals surface area (Å²) < 4.78 is 22.9. The van der Waals surface area contributed by atoms with Gasteiger partial charge in [-0.25, -0.2) is 8.42 Å². The third kappa shape index (κ3) is 3.84. The lowest BCUT2D eigenvalue weighted by atomic mass is 10.1. The summed E-state index contributed by atoms with van der Waals surface area (Å²) in [6, 6.07) is 11.4. The van der Waals surface area contributed by atoms with Crippen LogP contribution >= 0.6 is 11.3 Å². The van der Waals surface area contributed by atoms with Gasteiger partial charge in [-0.15, -0.1) is 11.3 Å². The second kappa shape index (κ2) is 6.41. The molecule has 1 N–H and O–H groups in total. The van der Waals surface area contributed by atoms with Gasteiger partial charge in [0.1, 0.15) is 0 Å². The van der Waals surface area contributed by atoms with Crippen LogP contribution in [-0.4, -0.2) is 14.7 Å². The van der Waals surface area contributed by atoms with Crippen molar-refractivity contribution in [2.45, 2.75) is 30.7 Å². The number of sulfone groups is 1. The van der Waals surface area contributed by atoms with Crippen LogP contribution in [0.2, 0.25) is 0 Å². The monoisotopic (exact) mass is 309 g/mol. The highest BCUT2D eigenvalue weighted by molar-refractivity contribution is 7.90. The molecule has 1 unspecified atom stereocenters. The highest BCUT2D eigenvalue weighted by atomic mass is 32.2. The average molecular weight is 309 g/mol. The third-order valence-electron chi connectivity index (χ3n) is 3.09. The summed E-state index contributed by atoms with van der Waals surface area (Å²) in [6.07, 6.45) is 3.37.